The fourth-order valence-electron chi connectivity index (χ4n) is 3.75. The molecule has 0 radical (unpaired) electrons. The Hall–Kier alpha value is -2.86. The highest BCUT2D eigenvalue weighted by molar-refractivity contribution is 5.94. The molecule has 0 unspecified atom stereocenters. The molecule has 1 amide bonds. The number of aromatic nitrogens is 2. The van der Waals surface area contributed by atoms with Crippen LogP contribution in [0.2, 0.25) is 0 Å². The summed E-state index contributed by atoms with van der Waals surface area (Å²) in [7, 11) is 1.65. The third kappa shape index (κ3) is 3.40. The van der Waals surface area contributed by atoms with Gasteiger partial charge in [0.25, 0.3) is 0 Å². The van der Waals surface area contributed by atoms with Crippen molar-refractivity contribution in [2.45, 2.75) is 25.8 Å². The molecule has 6 heteroatoms. The lowest BCUT2D eigenvalue weighted by Crippen LogP contribution is -2.40. The lowest BCUT2D eigenvalue weighted by molar-refractivity contribution is -0.120. The third-order valence-electron chi connectivity index (χ3n) is 5.12. The molecule has 1 aliphatic rings. The molecule has 27 heavy (non-hydrogen) atoms. The van der Waals surface area contributed by atoms with Crippen LogP contribution in [-0.2, 0) is 4.79 Å². The number of hydrogen-bond acceptors (Lipinski definition) is 4. The summed E-state index contributed by atoms with van der Waals surface area (Å²) in [6, 6.07) is 16.0. The highest BCUT2D eigenvalue weighted by atomic mass is 16.5. The quantitative estimate of drug-likeness (QED) is 0.745. The van der Waals surface area contributed by atoms with Crippen molar-refractivity contribution in [1.82, 2.24) is 14.9 Å². The minimum Gasteiger partial charge on any atom is -0.495 e. The van der Waals surface area contributed by atoms with E-state index in [0.717, 1.165) is 41.9 Å². The smallest absolute Gasteiger partial charge is 0.229 e. The second-order valence-electron chi connectivity index (χ2n) is 7.00. The zero-order valence-electron chi connectivity index (χ0n) is 15.6. The van der Waals surface area contributed by atoms with Crippen molar-refractivity contribution in [2.75, 3.05) is 19.0 Å². The fourth-order valence-corrected chi connectivity index (χ4v) is 3.75. The van der Waals surface area contributed by atoms with Crippen LogP contribution in [0.3, 0.4) is 0 Å². The lowest BCUT2D eigenvalue weighted by Gasteiger charge is -2.27. The number of amides is 1. The molecule has 2 atom stereocenters. The van der Waals surface area contributed by atoms with Crippen molar-refractivity contribution in [3.8, 4) is 11.4 Å². The van der Waals surface area contributed by atoms with Gasteiger partial charge in [-0.25, -0.2) is 4.98 Å². The summed E-state index contributed by atoms with van der Waals surface area (Å²) in [5, 5.41) is 6.46. The maximum absolute atomic E-state index is 12.9. The molecule has 2 aromatic carbocycles. The summed E-state index contributed by atoms with van der Waals surface area (Å²) in [6.45, 7) is 2.98. The van der Waals surface area contributed by atoms with Gasteiger partial charge in [-0.3, -0.25) is 14.7 Å². The third-order valence-corrected chi connectivity index (χ3v) is 5.12. The lowest BCUT2D eigenvalue weighted by atomic mass is 9.92. The molecule has 0 saturated carbocycles. The average Bonchev–Trinajstić information content (AvgIpc) is 3.05. The summed E-state index contributed by atoms with van der Waals surface area (Å²) in [5.74, 6) is 1.27. The molecule has 1 saturated heterocycles. The van der Waals surface area contributed by atoms with Crippen molar-refractivity contribution in [3.63, 3.8) is 0 Å². The number of ether oxygens (including phenoxy) is 1. The first kappa shape index (κ1) is 17.5. The first-order chi connectivity index (χ1) is 13.2. The number of methoxy groups -OCH3 is 1. The van der Waals surface area contributed by atoms with E-state index in [4.69, 9.17) is 4.74 Å². The molecule has 4 rings (SSSR count). The maximum atomic E-state index is 12.9. The first-order valence-electron chi connectivity index (χ1n) is 9.32. The Morgan fingerprint density at radius 1 is 1.22 bits per heavy atom. The van der Waals surface area contributed by atoms with Gasteiger partial charge in [-0.1, -0.05) is 24.3 Å². The number of carbonyl (C=O) groups is 1. The second kappa shape index (κ2) is 7.40. The van der Waals surface area contributed by atoms with Crippen molar-refractivity contribution in [1.29, 1.82) is 0 Å². The van der Waals surface area contributed by atoms with Gasteiger partial charge in [0.2, 0.25) is 11.9 Å². The van der Waals surface area contributed by atoms with E-state index in [2.05, 4.69) is 22.5 Å². The van der Waals surface area contributed by atoms with Gasteiger partial charge in [0.15, 0.2) is 0 Å². The molecule has 1 aliphatic heterocycles. The number of hydrogen-bond donors (Lipinski definition) is 2. The number of carbonyl (C=O) groups excluding carboxylic acids is 1. The van der Waals surface area contributed by atoms with Crippen LogP contribution in [-0.4, -0.2) is 35.2 Å². The van der Waals surface area contributed by atoms with Crippen LogP contribution in [0.25, 0.3) is 16.7 Å². The normalized spacial score (nSPS) is 19.8. The first-order valence-corrected chi connectivity index (χ1v) is 9.32. The van der Waals surface area contributed by atoms with E-state index in [9.17, 15) is 4.79 Å². The number of para-hydroxylation sites is 4. The highest BCUT2D eigenvalue weighted by Gasteiger charge is 2.26. The summed E-state index contributed by atoms with van der Waals surface area (Å²) in [4.78, 5) is 17.6. The van der Waals surface area contributed by atoms with Crippen LogP contribution in [0.1, 0.15) is 19.8 Å². The molecule has 2 N–H and O–H groups in total. The van der Waals surface area contributed by atoms with Crippen LogP contribution < -0.4 is 15.4 Å². The average molecular weight is 364 g/mol. The van der Waals surface area contributed by atoms with Gasteiger partial charge in [0.05, 0.1) is 23.8 Å². The van der Waals surface area contributed by atoms with E-state index in [1.807, 2.05) is 53.1 Å². The van der Waals surface area contributed by atoms with Crippen LogP contribution in [0.15, 0.2) is 48.5 Å². The van der Waals surface area contributed by atoms with Crippen LogP contribution in [0, 0.1) is 5.92 Å². The van der Waals surface area contributed by atoms with Gasteiger partial charge >= 0.3 is 0 Å². The van der Waals surface area contributed by atoms with Gasteiger partial charge in [0, 0.05) is 12.0 Å². The number of rotatable bonds is 4. The van der Waals surface area contributed by atoms with Gasteiger partial charge in [-0.15, -0.1) is 0 Å². The molecule has 0 bridgehead atoms. The van der Waals surface area contributed by atoms with Crippen LogP contribution in [0.4, 0.5) is 5.95 Å². The summed E-state index contributed by atoms with van der Waals surface area (Å²) in [5.41, 5.74) is 2.61. The van der Waals surface area contributed by atoms with Gasteiger partial charge in [-0.05, 0) is 50.6 Å². The van der Waals surface area contributed by atoms with Crippen LogP contribution in [0.5, 0.6) is 5.75 Å². The van der Waals surface area contributed by atoms with E-state index in [0.29, 0.717) is 12.0 Å². The summed E-state index contributed by atoms with van der Waals surface area (Å²) < 4.78 is 7.49. The van der Waals surface area contributed by atoms with Crippen LogP contribution >= 0.6 is 0 Å². The Bertz CT molecular complexity index is 966. The molecule has 0 aliphatic carbocycles. The molecule has 2 heterocycles. The second-order valence-corrected chi connectivity index (χ2v) is 7.00. The number of nitrogens with zero attached hydrogens (tertiary/aromatic N) is 2. The zero-order valence-corrected chi connectivity index (χ0v) is 15.6. The van der Waals surface area contributed by atoms with E-state index < -0.39 is 0 Å². The van der Waals surface area contributed by atoms with E-state index in [-0.39, 0.29) is 11.8 Å². The monoisotopic (exact) mass is 364 g/mol. The van der Waals surface area contributed by atoms with E-state index >= 15 is 0 Å². The van der Waals surface area contributed by atoms with E-state index in [1.165, 1.54) is 0 Å². The summed E-state index contributed by atoms with van der Waals surface area (Å²) in [6.07, 6.45) is 1.67. The maximum Gasteiger partial charge on any atom is 0.229 e. The topological polar surface area (TPSA) is 68.2 Å². The predicted molar refractivity (Wildman–Crippen MR) is 106 cm³/mol. The Balaban J connectivity index is 1.75. The number of fused-ring (bicyclic) bond motifs is 1. The minimum atomic E-state index is -0.00724. The highest BCUT2D eigenvalue weighted by Crippen LogP contribution is 2.31. The molecule has 6 nitrogen and oxygen atoms in total. The molecule has 3 aromatic rings. The molecular formula is C21H24N4O2. The standard InChI is InChI=1S/C21H24N4O2/c1-14-13-15(11-12-22-14)20(26)24-21-23-16-7-3-4-8-17(16)25(21)18-9-5-6-10-19(18)27-2/h3-10,14-15,22H,11-13H2,1-2H3,(H,23,24,26)/t14-,15-/m0/s1. The van der Waals surface area contributed by atoms with Gasteiger partial charge in [-0.2, -0.15) is 0 Å². The number of benzene rings is 2. The number of piperidine rings is 1. The Morgan fingerprint density at radius 2 is 2.00 bits per heavy atom. The number of nitrogens with one attached hydrogen (secondary N) is 2. The predicted octanol–water partition coefficient (Wildman–Crippen LogP) is 3.36. The Kier molecular flexibility index (Phi) is 4.81. The van der Waals surface area contributed by atoms with Crippen molar-refractivity contribution < 1.29 is 9.53 Å². The van der Waals surface area contributed by atoms with Crippen molar-refractivity contribution in [3.05, 3.63) is 48.5 Å². The van der Waals surface area contributed by atoms with Gasteiger partial charge in [0.1, 0.15) is 5.75 Å². The summed E-state index contributed by atoms with van der Waals surface area (Å²) >= 11 is 0. The van der Waals surface area contributed by atoms with Gasteiger partial charge < -0.3 is 10.1 Å². The number of anilines is 1. The molecule has 0 spiro atoms. The fraction of sp³-hybridized carbons (Fsp3) is 0.333. The zero-order chi connectivity index (χ0) is 18.8. The minimum absolute atomic E-state index is 0.00724. The SMILES string of the molecule is COc1ccccc1-n1c(NC(=O)[C@H]2CCN[C@@H](C)C2)nc2ccccc21. The van der Waals surface area contributed by atoms with E-state index in [1.54, 1.807) is 7.11 Å². The van der Waals surface area contributed by atoms with Crippen molar-refractivity contribution >= 4 is 22.9 Å². The number of imidazole rings is 1. The molecule has 1 aromatic heterocycles. The van der Waals surface area contributed by atoms with Crippen molar-refractivity contribution in [2.24, 2.45) is 5.92 Å². The molecular weight excluding hydrogens is 340 g/mol. The molecule has 140 valence electrons. The Morgan fingerprint density at radius 3 is 2.81 bits per heavy atom. The molecule has 1 fully saturated rings. The Labute approximate surface area is 158 Å². The largest absolute Gasteiger partial charge is 0.495 e.